The number of likely N-dealkylation sites (tertiary alicyclic amines) is 1. The standard InChI is InChI=1S/C20H23BrN2O2/c1-2-14-10-11-17(22-13-14)19(15-7-3-4-8-16(15)21)23-12-6-5-9-18(23)20(24)25/h3-4,7-8,10-11,13,18-19H,2,5-6,9,12H2,1H3,(H,24,25). The predicted molar refractivity (Wildman–Crippen MR) is 102 cm³/mol. The van der Waals surface area contributed by atoms with Gasteiger partial charge in [-0.05, 0) is 49.1 Å². The fraction of sp³-hybridized carbons (Fsp3) is 0.400. The maximum atomic E-state index is 11.8. The summed E-state index contributed by atoms with van der Waals surface area (Å²) in [5.41, 5.74) is 3.15. The molecule has 2 atom stereocenters. The van der Waals surface area contributed by atoms with Crippen LogP contribution in [0.3, 0.4) is 0 Å². The Kier molecular flexibility index (Phi) is 5.86. The van der Waals surface area contributed by atoms with Crippen molar-refractivity contribution in [2.24, 2.45) is 0 Å². The van der Waals surface area contributed by atoms with Gasteiger partial charge in [-0.1, -0.05) is 53.5 Å². The van der Waals surface area contributed by atoms with Gasteiger partial charge in [-0.25, -0.2) is 0 Å². The van der Waals surface area contributed by atoms with Crippen molar-refractivity contribution >= 4 is 21.9 Å². The Morgan fingerprint density at radius 3 is 2.76 bits per heavy atom. The van der Waals surface area contributed by atoms with E-state index in [1.807, 2.05) is 30.5 Å². The third kappa shape index (κ3) is 3.93. The SMILES string of the molecule is CCc1ccc(C(c2ccccc2Br)N2CCCCC2C(=O)O)nc1. The third-order valence-electron chi connectivity index (χ3n) is 4.90. The molecule has 0 saturated carbocycles. The van der Waals surface area contributed by atoms with Crippen LogP contribution in [0.25, 0.3) is 0 Å². The quantitative estimate of drug-likeness (QED) is 0.802. The molecule has 1 aromatic heterocycles. The van der Waals surface area contributed by atoms with E-state index in [0.29, 0.717) is 6.42 Å². The second-order valence-electron chi connectivity index (χ2n) is 6.46. The molecule has 0 amide bonds. The highest BCUT2D eigenvalue weighted by Gasteiger charge is 2.36. The van der Waals surface area contributed by atoms with E-state index in [2.05, 4.69) is 44.9 Å². The molecule has 0 spiro atoms. The molecular weight excluding hydrogens is 380 g/mol. The molecule has 1 aliphatic rings. The van der Waals surface area contributed by atoms with Crippen LogP contribution in [-0.4, -0.2) is 33.5 Å². The fourth-order valence-corrected chi connectivity index (χ4v) is 4.04. The number of rotatable bonds is 5. The van der Waals surface area contributed by atoms with Crippen molar-refractivity contribution in [3.05, 3.63) is 63.9 Å². The zero-order valence-electron chi connectivity index (χ0n) is 14.4. The lowest BCUT2D eigenvalue weighted by Gasteiger charge is -2.39. The van der Waals surface area contributed by atoms with Crippen molar-refractivity contribution < 1.29 is 9.90 Å². The van der Waals surface area contributed by atoms with Crippen molar-refractivity contribution in [3.63, 3.8) is 0 Å². The molecule has 1 aromatic carbocycles. The summed E-state index contributed by atoms with van der Waals surface area (Å²) in [6.07, 6.45) is 5.49. The molecule has 1 aliphatic heterocycles. The number of carboxylic acid groups (broad SMARTS) is 1. The Balaban J connectivity index is 2.07. The van der Waals surface area contributed by atoms with Crippen LogP contribution >= 0.6 is 15.9 Å². The molecule has 5 heteroatoms. The maximum absolute atomic E-state index is 11.8. The molecule has 0 aliphatic carbocycles. The first-order valence-electron chi connectivity index (χ1n) is 8.79. The van der Waals surface area contributed by atoms with Gasteiger partial charge in [0, 0.05) is 10.7 Å². The van der Waals surface area contributed by atoms with Gasteiger partial charge in [0.2, 0.25) is 0 Å². The molecule has 2 heterocycles. The van der Waals surface area contributed by atoms with Crippen LogP contribution < -0.4 is 0 Å². The minimum atomic E-state index is -0.748. The van der Waals surface area contributed by atoms with Crippen LogP contribution in [0.2, 0.25) is 0 Å². The molecule has 0 radical (unpaired) electrons. The number of benzene rings is 1. The van der Waals surface area contributed by atoms with Crippen molar-refractivity contribution in [2.45, 2.75) is 44.7 Å². The number of aryl methyl sites for hydroxylation is 1. The van der Waals surface area contributed by atoms with Crippen LogP contribution in [0.15, 0.2) is 47.1 Å². The number of aliphatic carboxylic acids is 1. The summed E-state index contributed by atoms with van der Waals surface area (Å²) in [7, 11) is 0. The van der Waals surface area contributed by atoms with Crippen molar-refractivity contribution in [2.75, 3.05) is 6.54 Å². The first-order valence-corrected chi connectivity index (χ1v) is 9.59. The van der Waals surface area contributed by atoms with E-state index in [0.717, 1.165) is 41.5 Å². The van der Waals surface area contributed by atoms with Crippen LogP contribution in [0.4, 0.5) is 0 Å². The van der Waals surface area contributed by atoms with Gasteiger partial charge < -0.3 is 5.11 Å². The third-order valence-corrected chi connectivity index (χ3v) is 5.62. The maximum Gasteiger partial charge on any atom is 0.320 e. The van der Waals surface area contributed by atoms with Crippen molar-refractivity contribution in [1.29, 1.82) is 0 Å². The van der Waals surface area contributed by atoms with Crippen LogP contribution in [0.5, 0.6) is 0 Å². The van der Waals surface area contributed by atoms with Crippen LogP contribution in [0.1, 0.15) is 49.0 Å². The summed E-state index contributed by atoms with van der Waals surface area (Å²) in [5, 5.41) is 9.73. The van der Waals surface area contributed by atoms with E-state index in [1.54, 1.807) is 0 Å². The Hall–Kier alpha value is -1.72. The highest BCUT2D eigenvalue weighted by molar-refractivity contribution is 9.10. The summed E-state index contributed by atoms with van der Waals surface area (Å²) in [5.74, 6) is -0.748. The zero-order chi connectivity index (χ0) is 17.8. The Morgan fingerprint density at radius 2 is 2.12 bits per heavy atom. The normalized spacial score (nSPS) is 19.5. The minimum Gasteiger partial charge on any atom is -0.480 e. The molecule has 4 nitrogen and oxygen atoms in total. The van der Waals surface area contributed by atoms with Gasteiger partial charge in [-0.3, -0.25) is 14.7 Å². The lowest BCUT2D eigenvalue weighted by molar-refractivity contribution is -0.145. The number of hydrogen-bond acceptors (Lipinski definition) is 3. The second kappa shape index (κ2) is 8.11. The Morgan fingerprint density at radius 1 is 1.32 bits per heavy atom. The monoisotopic (exact) mass is 402 g/mol. The molecular formula is C20H23BrN2O2. The number of aromatic nitrogens is 1. The van der Waals surface area contributed by atoms with Crippen LogP contribution in [-0.2, 0) is 11.2 Å². The average Bonchev–Trinajstić information content (AvgIpc) is 2.64. The summed E-state index contributed by atoms with van der Waals surface area (Å²) < 4.78 is 0.982. The van der Waals surface area contributed by atoms with E-state index in [1.165, 1.54) is 5.56 Å². The number of carbonyl (C=O) groups is 1. The summed E-state index contributed by atoms with van der Waals surface area (Å²) in [4.78, 5) is 18.6. The summed E-state index contributed by atoms with van der Waals surface area (Å²) >= 11 is 3.64. The number of hydrogen-bond donors (Lipinski definition) is 1. The van der Waals surface area contributed by atoms with Gasteiger partial charge in [0.05, 0.1) is 11.7 Å². The first kappa shape index (κ1) is 18.1. The summed E-state index contributed by atoms with van der Waals surface area (Å²) in [6.45, 7) is 2.87. The zero-order valence-corrected chi connectivity index (χ0v) is 15.9. The van der Waals surface area contributed by atoms with Crippen molar-refractivity contribution in [1.82, 2.24) is 9.88 Å². The summed E-state index contributed by atoms with van der Waals surface area (Å²) in [6, 6.07) is 11.5. The van der Waals surface area contributed by atoms with E-state index in [9.17, 15) is 9.90 Å². The molecule has 132 valence electrons. The lowest BCUT2D eigenvalue weighted by Crippen LogP contribution is -2.47. The van der Waals surface area contributed by atoms with Gasteiger partial charge in [0.1, 0.15) is 6.04 Å². The van der Waals surface area contributed by atoms with Gasteiger partial charge in [0.15, 0.2) is 0 Å². The number of halogens is 1. The Bertz CT molecular complexity index is 733. The topological polar surface area (TPSA) is 53.4 Å². The smallest absolute Gasteiger partial charge is 0.320 e. The van der Waals surface area contributed by atoms with E-state index in [-0.39, 0.29) is 6.04 Å². The number of pyridine rings is 1. The van der Waals surface area contributed by atoms with E-state index < -0.39 is 12.0 Å². The lowest BCUT2D eigenvalue weighted by atomic mass is 9.94. The first-order chi connectivity index (χ1) is 12.1. The molecule has 1 fully saturated rings. The molecule has 1 saturated heterocycles. The second-order valence-corrected chi connectivity index (χ2v) is 7.31. The van der Waals surface area contributed by atoms with Gasteiger partial charge in [-0.2, -0.15) is 0 Å². The van der Waals surface area contributed by atoms with Crippen molar-refractivity contribution in [3.8, 4) is 0 Å². The number of carboxylic acids is 1. The highest BCUT2D eigenvalue weighted by Crippen LogP contribution is 2.36. The van der Waals surface area contributed by atoms with Gasteiger partial charge in [0.25, 0.3) is 0 Å². The molecule has 25 heavy (non-hydrogen) atoms. The average molecular weight is 403 g/mol. The number of piperidine rings is 1. The molecule has 0 bridgehead atoms. The molecule has 3 rings (SSSR count). The molecule has 1 N–H and O–H groups in total. The van der Waals surface area contributed by atoms with E-state index in [4.69, 9.17) is 0 Å². The van der Waals surface area contributed by atoms with Gasteiger partial charge >= 0.3 is 5.97 Å². The van der Waals surface area contributed by atoms with E-state index >= 15 is 0 Å². The molecule has 2 aromatic rings. The highest BCUT2D eigenvalue weighted by atomic mass is 79.9. The van der Waals surface area contributed by atoms with Crippen LogP contribution in [0, 0.1) is 0 Å². The number of nitrogens with zero attached hydrogens (tertiary/aromatic N) is 2. The molecule has 2 unspecified atom stereocenters. The predicted octanol–water partition coefficient (Wildman–Crippen LogP) is 4.44. The fourth-order valence-electron chi connectivity index (χ4n) is 3.54. The minimum absolute atomic E-state index is 0.164. The van der Waals surface area contributed by atoms with Gasteiger partial charge in [-0.15, -0.1) is 0 Å². The largest absolute Gasteiger partial charge is 0.480 e. The Labute approximate surface area is 157 Å².